The maximum Gasteiger partial charge on any atom is 0.253 e. The standard InChI is InChI=1S/C29H29ClN6O3/c1-19-5-2-6-21-15-25(29(37)31-26(19)21)27(28-32-33-34-36(28)18-24-8-4-14-39-24)35(17-23-7-3-13-38-23)16-20-9-11-22(30)12-10-20/h2-3,5-7,9-13,15,24,27H,4,8,14,16-18H2,1H3,(H,31,37)/t24-,27+/m0/s1. The van der Waals surface area contributed by atoms with Crippen molar-refractivity contribution in [3.63, 3.8) is 0 Å². The van der Waals surface area contributed by atoms with E-state index in [-0.39, 0.29) is 11.7 Å². The number of halogens is 1. The molecule has 1 saturated heterocycles. The molecule has 0 amide bonds. The molecular formula is C29H29ClN6O3. The maximum absolute atomic E-state index is 13.8. The Bertz CT molecular complexity index is 1610. The zero-order valence-corrected chi connectivity index (χ0v) is 22.3. The Hall–Kier alpha value is -3.79. The molecule has 5 aromatic rings. The van der Waals surface area contributed by atoms with Gasteiger partial charge in [0.1, 0.15) is 11.8 Å². The minimum Gasteiger partial charge on any atom is -0.468 e. The van der Waals surface area contributed by atoms with Crippen LogP contribution in [0.3, 0.4) is 0 Å². The van der Waals surface area contributed by atoms with Crippen molar-refractivity contribution in [3.8, 4) is 0 Å². The Balaban J connectivity index is 1.50. The monoisotopic (exact) mass is 544 g/mol. The van der Waals surface area contributed by atoms with Crippen molar-refractivity contribution in [1.82, 2.24) is 30.1 Å². The van der Waals surface area contributed by atoms with Gasteiger partial charge in [-0.05, 0) is 77.0 Å². The molecule has 6 rings (SSSR count). The highest BCUT2D eigenvalue weighted by molar-refractivity contribution is 6.30. The van der Waals surface area contributed by atoms with Gasteiger partial charge >= 0.3 is 0 Å². The van der Waals surface area contributed by atoms with E-state index in [1.54, 1.807) is 10.9 Å². The highest BCUT2D eigenvalue weighted by Gasteiger charge is 2.32. The molecule has 0 aliphatic carbocycles. The zero-order valence-electron chi connectivity index (χ0n) is 21.6. The fourth-order valence-corrected chi connectivity index (χ4v) is 5.41. The van der Waals surface area contributed by atoms with Crippen LogP contribution in [0, 0.1) is 6.92 Å². The van der Waals surface area contributed by atoms with Crippen molar-refractivity contribution in [2.24, 2.45) is 0 Å². The zero-order chi connectivity index (χ0) is 26.8. The predicted molar refractivity (Wildman–Crippen MR) is 147 cm³/mol. The molecule has 1 aliphatic rings. The van der Waals surface area contributed by atoms with E-state index in [0.29, 0.717) is 36.0 Å². The van der Waals surface area contributed by atoms with Gasteiger partial charge in [-0.1, -0.05) is 41.9 Å². The molecule has 1 N–H and O–H groups in total. The number of fused-ring (bicyclic) bond motifs is 1. The van der Waals surface area contributed by atoms with Gasteiger partial charge in [0, 0.05) is 23.7 Å². The summed E-state index contributed by atoms with van der Waals surface area (Å²) in [6.07, 6.45) is 3.63. The van der Waals surface area contributed by atoms with Gasteiger partial charge in [0.2, 0.25) is 0 Å². The summed E-state index contributed by atoms with van der Waals surface area (Å²) in [5.41, 5.74) is 3.22. The van der Waals surface area contributed by atoms with Crippen LogP contribution in [0.5, 0.6) is 0 Å². The van der Waals surface area contributed by atoms with Crippen molar-refractivity contribution in [1.29, 1.82) is 0 Å². The Kier molecular flexibility index (Phi) is 7.28. The van der Waals surface area contributed by atoms with E-state index in [2.05, 4.69) is 25.4 Å². The highest BCUT2D eigenvalue weighted by Crippen LogP contribution is 2.31. The second-order valence-electron chi connectivity index (χ2n) is 9.96. The number of aromatic nitrogens is 5. The van der Waals surface area contributed by atoms with E-state index in [9.17, 15) is 4.79 Å². The lowest BCUT2D eigenvalue weighted by molar-refractivity contribution is 0.0901. The van der Waals surface area contributed by atoms with Gasteiger partial charge in [0.15, 0.2) is 5.82 Å². The van der Waals surface area contributed by atoms with Crippen LogP contribution < -0.4 is 5.56 Å². The molecule has 0 saturated carbocycles. The summed E-state index contributed by atoms with van der Waals surface area (Å²) in [6.45, 7) is 4.16. The number of benzene rings is 2. The van der Waals surface area contributed by atoms with E-state index in [1.807, 2.05) is 67.6 Å². The van der Waals surface area contributed by atoms with Gasteiger partial charge in [-0.2, -0.15) is 0 Å². The number of para-hydroxylation sites is 1. The van der Waals surface area contributed by atoms with Gasteiger partial charge in [0.25, 0.3) is 5.56 Å². The minimum absolute atomic E-state index is 0.0280. The largest absolute Gasteiger partial charge is 0.468 e. The lowest BCUT2D eigenvalue weighted by Crippen LogP contribution is -2.35. The van der Waals surface area contributed by atoms with Crippen LogP contribution in [0.15, 0.2) is 76.1 Å². The van der Waals surface area contributed by atoms with E-state index in [4.69, 9.17) is 20.8 Å². The van der Waals surface area contributed by atoms with E-state index < -0.39 is 6.04 Å². The Labute approximate surface area is 230 Å². The maximum atomic E-state index is 13.8. The van der Waals surface area contributed by atoms with Crippen molar-refractivity contribution in [3.05, 3.63) is 111 Å². The summed E-state index contributed by atoms with van der Waals surface area (Å²) in [5.74, 6) is 1.34. The number of furan rings is 1. The molecule has 2 atom stereocenters. The molecule has 2 aromatic carbocycles. The number of ether oxygens (including phenoxy) is 1. The van der Waals surface area contributed by atoms with E-state index in [1.165, 1.54) is 0 Å². The van der Waals surface area contributed by atoms with Gasteiger partial charge in [-0.3, -0.25) is 9.69 Å². The smallest absolute Gasteiger partial charge is 0.253 e. The first-order chi connectivity index (χ1) is 19.0. The molecule has 4 heterocycles. The highest BCUT2D eigenvalue weighted by atomic mass is 35.5. The number of aromatic amines is 1. The molecule has 9 nitrogen and oxygen atoms in total. The fraction of sp³-hybridized carbons (Fsp3) is 0.310. The summed E-state index contributed by atoms with van der Waals surface area (Å²) in [5, 5.41) is 14.5. The summed E-state index contributed by atoms with van der Waals surface area (Å²) in [6, 6.07) is 18.8. The molecule has 200 valence electrons. The molecule has 0 unspecified atom stereocenters. The molecule has 10 heteroatoms. The van der Waals surface area contributed by atoms with E-state index >= 15 is 0 Å². The topological polar surface area (TPSA) is 102 Å². The lowest BCUT2D eigenvalue weighted by atomic mass is 10.0. The third kappa shape index (κ3) is 5.52. The average Bonchev–Trinajstić information content (AvgIpc) is 3.72. The minimum atomic E-state index is -0.573. The molecule has 39 heavy (non-hydrogen) atoms. The average molecular weight is 545 g/mol. The van der Waals surface area contributed by atoms with Crippen LogP contribution in [0.1, 0.15) is 47.2 Å². The normalized spacial score (nSPS) is 16.3. The third-order valence-electron chi connectivity index (χ3n) is 7.22. The molecule has 0 bridgehead atoms. The Morgan fingerprint density at radius 1 is 1.15 bits per heavy atom. The summed E-state index contributed by atoms with van der Waals surface area (Å²) >= 11 is 6.18. The molecule has 0 spiro atoms. The first kappa shape index (κ1) is 25.5. The number of tetrazole rings is 1. The van der Waals surface area contributed by atoms with Gasteiger partial charge in [-0.15, -0.1) is 5.10 Å². The van der Waals surface area contributed by atoms with Crippen LogP contribution >= 0.6 is 11.6 Å². The molecule has 1 fully saturated rings. The summed E-state index contributed by atoms with van der Waals surface area (Å²) < 4.78 is 13.4. The van der Waals surface area contributed by atoms with Crippen molar-refractivity contribution >= 4 is 22.5 Å². The molecular weight excluding hydrogens is 516 g/mol. The lowest BCUT2D eigenvalue weighted by Gasteiger charge is -2.30. The Morgan fingerprint density at radius 3 is 2.79 bits per heavy atom. The third-order valence-corrected chi connectivity index (χ3v) is 7.47. The number of pyridine rings is 1. The molecule has 0 radical (unpaired) electrons. The number of aryl methyl sites for hydroxylation is 1. The first-order valence-electron chi connectivity index (χ1n) is 13.1. The SMILES string of the molecule is Cc1cccc2cc([C@H](c3nnnn3C[C@@H]3CCCO3)N(Cc3ccc(Cl)cc3)Cc3ccco3)c(=O)[nH]c12. The van der Waals surface area contributed by atoms with Gasteiger partial charge < -0.3 is 14.1 Å². The summed E-state index contributed by atoms with van der Waals surface area (Å²) in [7, 11) is 0. The number of hydrogen-bond acceptors (Lipinski definition) is 7. The second-order valence-corrected chi connectivity index (χ2v) is 10.4. The predicted octanol–water partition coefficient (Wildman–Crippen LogP) is 5.04. The number of H-pyrrole nitrogens is 1. The van der Waals surface area contributed by atoms with Crippen molar-refractivity contribution < 1.29 is 9.15 Å². The van der Waals surface area contributed by atoms with Crippen molar-refractivity contribution in [2.75, 3.05) is 6.61 Å². The second kappa shape index (κ2) is 11.1. The first-order valence-corrected chi connectivity index (χ1v) is 13.4. The van der Waals surface area contributed by atoms with Crippen LogP contribution in [-0.2, 0) is 24.4 Å². The number of nitrogens with one attached hydrogen (secondary N) is 1. The number of nitrogens with zero attached hydrogens (tertiary/aromatic N) is 5. The van der Waals surface area contributed by atoms with Crippen LogP contribution in [0.25, 0.3) is 10.9 Å². The van der Waals surface area contributed by atoms with Crippen LogP contribution in [0.4, 0.5) is 0 Å². The molecule has 1 aliphatic heterocycles. The van der Waals surface area contributed by atoms with Crippen molar-refractivity contribution in [2.45, 2.75) is 51.5 Å². The number of hydrogen-bond donors (Lipinski definition) is 1. The number of rotatable bonds is 9. The fourth-order valence-electron chi connectivity index (χ4n) is 5.29. The van der Waals surface area contributed by atoms with E-state index in [0.717, 1.165) is 47.2 Å². The van der Waals surface area contributed by atoms with Crippen LogP contribution in [-0.4, -0.2) is 42.8 Å². The quantitative estimate of drug-likeness (QED) is 0.277. The van der Waals surface area contributed by atoms with Gasteiger partial charge in [-0.25, -0.2) is 4.68 Å². The van der Waals surface area contributed by atoms with Gasteiger partial charge in [0.05, 0.1) is 31.0 Å². The molecule has 3 aromatic heterocycles. The Morgan fingerprint density at radius 2 is 2.03 bits per heavy atom. The van der Waals surface area contributed by atoms with Crippen LogP contribution in [0.2, 0.25) is 5.02 Å². The summed E-state index contributed by atoms with van der Waals surface area (Å²) in [4.78, 5) is 19.0.